The van der Waals surface area contributed by atoms with Gasteiger partial charge in [0.05, 0.1) is 18.6 Å². The Morgan fingerprint density at radius 3 is 2.38 bits per heavy atom. The molecule has 0 aromatic heterocycles. The van der Waals surface area contributed by atoms with E-state index in [2.05, 4.69) is 5.32 Å². The fourth-order valence-corrected chi connectivity index (χ4v) is 5.03. The first-order chi connectivity index (χ1) is 19.2. The van der Waals surface area contributed by atoms with E-state index in [1.54, 1.807) is 38.1 Å². The van der Waals surface area contributed by atoms with Crippen molar-refractivity contribution in [1.82, 2.24) is 5.32 Å². The average Bonchev–Trinajstić information content (AvgIpc) is 3.32. The van der Waals surface area contributed by atoms with Gasteiger partial charge in [-0.2, -0.15) is 0 Å². The summed E-state index contributed by atoms with van der Waals surface area (Å²) in [6, 6.07) is 20.5. The van der Waals surface area contributed by atoms with Gasteiger partial charge in [-0.15, -0.1) is 0 Å². The number of hydrogen-bond acceptors (Lipinski definition) is 8. The van der Waals surface area contributed by atoms with Crippen LogP contribution in [0.2, 0.25) is 0 Å². The molecule has 2 saturated heterocycles. The second kappa shape index (κ2) is 10.6. The highest BCUT2D eigenvalue weighted by Crippen LogP contribution is 2.46. The largest absolute Gasteiger partial charge is 0.497 e. The van der Waals surface area contributed by atoms with Gasteiger partial charge in [-0.05, 0) is 49.7 Å². The van der Waals surface area contributed by atoms with Crippen LogP contribution in [0.15, 0.2) is 78.9 Å². The molecule has 11 heteroatoms. The number of nitro groups is 1. The Labute approximate surface area is 230 Å². The molecule has 3 aromatic rings. The predicted molar refractivity (Wildman–Crippen MR) is 144 cm³/mol. The highest BCUT2D eigenvalue weighted by atomic mass is 16.7. The SMILES string of the molecule is COc1ccc(N2C(=O)[C@@](Oc3ccccc3[N+](=O)[O-])(C(=O)NCc3ccccc3)[C@@H]2[C@H]2COC(C)(C)O2)cc1. The molecule has 2 aliphatic rings. The molecule has 0 unspecified atom stereocenters. The average molecular weight is 548 g/mol. The van der Waals surface area contributed by atoms with Gasteiger partial charge in [0, 0.05) is 18.3 Å². The van der Waals surface area contributed by atoms with E-state index < -0.39 is 40.3 Å². The number of ether oxygens (including phenoxy) is 4. The minimum absolute atomic E-state index is 0.0611. The quantitative estimate of drug-likeness (QED) is 0.186. The molecule has 2 amide bonds. The molecular weight excluding hydrogens is 518 g/mol. The molecule has 3 atom stereocenters. The molecule has 5 rings (SSSR count). The molecule has 11 nitrogen and oxygen atoms in total. The third kappa shape index (κ3) is 4.85. The van der Waals surface area contributed by atoms with Crippen molar-refractivity contribution < 1.29 is 33.5 Å². The highest BCUT2D eigenvalue weighted by Gasteiger charge is 2.72. The van der Waals surface area contributed by atoms with Crippen molar-refractivity contribution in [3.63, 3.8) is 0 Å². The molecule has 0 aliphatic carbocycles. The first-order valence-corrected chi connectivity index (χ1v) is 12.7. The summed E-state index contributed by atoms with van der Waals surface area (Å²) in [5, 5.41) is 14.6. The molecular formula is C29H29N3O8. The fourth-order valence-electron chi connectivity index (χ4n) is 5.03. The van der Waals surface area contributed by atoms with E-state index in [4.69, 9.17) is 18.9 Å². The van der Waals surface area contributed by atoms with Crippen LogP contribution in [0.5, 0.6) is 11.5 Å². The molecule has 1 N–H and O–H groups in total. The molecule has 40 heavy (non-hydrogen) atoms. The molecule has 208 valence electrons. The number of nitro benzene ring substituents is 1. The molecule has 2 fully saturated rings. The van der Waals surface area contributed by atoms with E-state index in [9.17, 15) is 19.7 Å². The van der Waals surface area contributed by atoms with Gasteiger partial charge < -0.3 is 24.3 Å². The zero-order valence-corrected chi connectivity index (χ0v) is 22.2. The molecule has 0 bridgehead atoms. The summed E-state index contributed by atoms with van der Waals surface area (Å²) >= 11 is 0. The maximum atomic E-state index is 14.1. The third-order valence-electron chi connectivity index (χ3n) is 6.93. The first-order valence-electron chi connectivity index (χ1n) is 12.7. The lowest BCUT2D eigenvalue weighted by Gasteiger charge is -2.54. The van der Waals surface area contributed by atoms with E-state index in [1.165, 1.54) is 36.3 Å². The van der Waals surface area contributed by atoms with Gasteiger partial charge in [-0.25, -0.2) is 0 Å². The molecule has 0 spiro atoms. The lowest BCUT2D eigenvalue weighted by atomic mass is 9.76. The van der Waals surface area contributed by atoms with E-state index in [0.29, 0.717) is 11.4 Å². The van der Waals surface area contributed by atoms with Crippen molar-refractivity contribution in [3.8, 4) is 11.5 Å². The predicted octanol–water partition coefficient (Wildman–Crippen LogP) is 3.60. The van der Waals surface area contributed by atoms with Crippen LogP contribution in [0.1, 0.15) is 19.4 Å². The van der Waals surface area contributed by atoms with E-state index in [0.717, 1.165) is 5.56 Å². The summed E-state index contributed by atoms with van der Waals surface area (Å²) in [5.41, 5.74) is -1.29. The van der Waals surface area contributed by atoms with Crippen LogP contribution in [0.3, 0.4) is 0 Å². The highest BCUT2D eigenvalue weighted by molar-refractivity contribution is 6.23. The molecule has 3 aromatic carbocycles. The Kier molecular flexibility index (Phi) is 7.17. The Morgan fingerprint density at radius 1 is 1.07 bits per heavy atom. The number of methoxy groups -OCH3 is 1. The molecule has 0 saturated carbocycles. The summed E-state index contributed by atoms with van der Waals surface area (Å²) in [7, 11) is 1.53. The maximum Gasteiger partial charge on any atom is 0.310 e. The number of amides is 2. The third-order valence-corrected chi connectivity index (χ3v) is 6.93. The number of anilines is 1. The second-order valence-electron chi connectivity index (χ2n) is 9.92. The number of carbonyl (C=O) groups excluding carboxylic acids is 2. The standard InChI is InChI=1S/C29H29N3O8/c1-28(2)38-18-24(39-28)25-29(26(33)30-17-19-9-5-4-6-10-19,40-23-12-8-7-11-22(23)32(35)36)27(34)31(25)20-13-15-21(37-3)16-14-20/h4-16,24-25H,17-18H2,1-3H3,(H,30,33)/t24-,25+,29+/m1/s1. The van der Waals surface area contributed by atoms with Crippen molar-refractivity contribution in [2.75, 3.05) is 18.6 Å². The zero-order valence-electron chi connectivity index (χ0n) is 22.2. The molecule has 2 aliphatic heterocycles. The monoisotopic (exact) mass is 547 g/mol. The zero-order chi connectivity index (χ0) is 28.5. The van der Waals surface area contributed by atoms with Crippen molar-refractivity contribution in [2.45, 2.75) is 43.9 Å². The topological polar surface area (TPSA) is 129 Å². The van der Waals surface area contributed by atoms with Gasteiger partial charge in [0.1, 0.15) is 17.9 Å². The van der Waals surface area contributed by atoms with Gasteiger partial charge in [-0.1, -0.05) is 42.5 Å². The minimum Gasteiger partial charge on any atom is -0.497 e. The van der Waals surface area contributed by atoms with Crippen LogP contribution >= 0.6 is 0 Å². The van der Waals surface area contributed by atoms with Crippen LogP contribution in [-0.4, -0.2) is 54.0 Å². The van der Waals surface area contributed by atoms with E-state index >= 15 is 0 Å². The Balaban J connectivity index is 1.60. The number of rotatable bonds is 9. The van der Waals surface area contributed by atoms with Gasteiger partial charge >= 0.3 is 5.69 Å². The number of hydrogen-bond donors (Lipinski definition) is 1. The number of β-lactam (4-membered cyclic amide) rings is 1. The second-order valence-corrected chi connectivity index (χ2v) is 9.92. The Bertz CT molecular complexity index is 1410. The minimum atomic E-state index is -2.19. The number of carbonyl (C=O) groups is 2. The van der Waals surface area contributed by atoms with Gasteiger partial charge in [0.2, 0.25) is 0 Å². The lowest BCUT2D eigenvalue weighted by Crippen LogP contribution is -2.84. The van der Waals surface area contributed by atoms with Crippen molar-refractivity contribution in [1.29, 1.82) is 0 Å². The summed E-state index contributed by atoms with van der Waals surface area (Å²) in [5.74, 6) is -2.06. The Hall–Kier alpha value is -4.48. The Morgan fingerprint density at radius 2 is 1.75 bits per heavy atom. The van der Waals surface area contributed by atoms with Gasteiger partial charge in [0.15, 0.2) is 11.5 Å². The normalized spacial score (nSPS) is 23.3. The summed E-state index contributed by atoms with van der Waals surface area (Å²) < 4.78 is 23.4. The van der Waals surface area contributed by atoms with E-state index in [1.807, 2.05) is 30.3 Å². The van der Waals surface area contributed by atoms with Crippen LogP contribution in [0.25, 0.3) is 0 Å². The van der Waals surface area contributed by atoms with Crippen LogP contribution < -0.4 is 19.7 Å². The van der Waals surface area contributed by atoms with Crippen molar-refractivity contribution >= 4 is 23.2 Å². The van der Waals surface area contributed by atoms with Crippen molar-refractivity contribution in [2.24, 2.45) is 0 Å². The summed E-state index contributed by atoms with van der Waals surface area (Å²) in [6.45, 7) is 3.62. The summed E-state index contributed by atoms with van der Waals surface area (Å²) in [4.78, 5) is 40.8. The van der Waals surface area contributed by atoms with E-state index in [-0.39, 0.29) is 24.6 Å². The number of benzene rings is 3. The smallest absolute Gasteiger partial charge is 0.310 e. The molecule has 2 heterocycles. The first kappa shape index (κ1) is 27.1. The number of nitrogens with one attached hydrogen (secondary N) is 1. The van der Waals surface area contributed by atoms with Gasteiger partial charge in [-0.3, -0.25) is 24.6 Å². The van der Waals surface area contributed by atoms with Crippen LogP contribution in [-0.2, 0) is 25.6 Å². The van der Waals surface area contributed by atoms with Crippen LogP contribution in [0.4, 0.5) is 11.4 Å². The van der Waals surface area contributed by atoms with Crippen LogP contribution in [0, 0.1) is 10.1 Å². The maximum absolute atomic E-state index is 14.1. The number of nitrogens with zero attached hydrogens (tertiary/aromatic N) is 2. The fraction of sp³-hybridized carbons (Fsp3) is 0.310. The summed E-state index contributed by atoms with van der Waals surface area (Å²) in [6.07, 6.45) is -0.792. The van der Waals surface area contributed by atoms with Crippen molar-refractivity contribution in [3.05, 3.63) is 94.5 Å². The lowest BCUT2D eigenvalue weighted by molar-refractivity contribution is -0.386. The van der Waals surface area contributed by atoms with Gasteiger partial charge in [0.25, 0.3) is 17.4 Å². The number of para-hydroxylation sites is 2. The molecule has 0 radical (unpaired) electrons.